The molecule has 10 rings (SSSR count). The number of carboxylic acid groups (broad SMARTS) is 1. The standard InChI is InChI=1S/C69H82F2N10O12/c1-41-34-78(52(37-79(41)66(88)89)36-77-27-30-92-39-42(77)2)38-58(82)81-40-69(7,54-23-15-45(32-57(54)81)31-44-13-17-49(70)18-14-44)65(87)73-51-21-19-50(20-22-51)72-62(84)47-16-24-55(71)56(33-47)74-63(85)60-53-12-10-9-11-48(53)35-80(60)64(86)59(46-25-28-91-29-26-46)75-61(83)43(3)76(8)67(90)93-68(4,5)6/h9-24,32-33,41-43,46,52,59-60H,25-31,34-40H2,1-8H3,(H,72,84)(H,73,87)(H,74,85)(H,75,83)(H,88,89)/t41-,42-,43+,52+,59+,60+,69?/m1/s1. The van der Waals surface area contributed by atoms with Gasteiger partial charge < -0.3 is 55.3 Å². The van der Waals surface area contributed by atoms with Crippen molar-refractivity contribution in [1.29, 1.82) is 0 Å². The normalized spacial score (nSPS) is 21.6. The number of hydrogen-bond acceptors (Lipinski definition) is 13. The number of benzene rings is 5. The zero-order valence-electron chi connectivity index (χ0n) is 53.7. The molecule has 5 heterocycles. The lowest BCUT2D eigenvalue weighted by atomic mass is 9.83. The van der Waals surface area contributed by atoms with Gasteiger partial charge in [0, 0.05) is 100 Å². The second-order valence-corrected chi connectivity index (χ2v) is 26.2. The van der Waals surface area contributed by atoms with E-state index in [9.17, 15) is 47.9 Å². The molecule has 7 atom stereocenters. The van der Waals surface area contributed by atoms with E-state index in [1.165, 1.54) is 48.0 Å². The number of likely N-dealkylation sites (N-methyl/N-ethyl adjacent to an activating group) is 1. The van der Waals surface area contributed by atoms with Crippen molar-refractivity contribution in [2.45, 2.75) is 122 Å². The summed E-state index contributed by atoms with van der Waals surface area (Å²) in [6, 6.07) is 24.5. The van der Waals surface area contributed by atoms with Crippen LogP contribution in [-0.4, -0.2) is 186 Å². The number of morpholine rings is 1. The van der Waals surface area contributed by atoms with Crippen molar-refractivity contribution < 1.29 is 66.5 Å². The van der Waals surface area contributed by atoms with Gasteiger partial charge in [0.1, 0.15) is 35.4 Å². The van der Waals surface area contributed by atoms with Crippen LogP contribution in [0.4, 0.5) is 41.1 Å². The van der Waals surface area contributed by atoms with Gasteiger partial charge >= 0.3 is 12.2 Å². The van der Waals surface area contributed by atoms with Crippen LogP contribution in [0.5, 0.6) is 0 Å². The quantitative estimate of drug-likeness (QED) is 0.0592. The largest absolute Gasteiger partial charge is 0.465 e. The summed E-state index contributed by atoms with van der Waals surface area (Å²) in [5.41, 5.74) is 2.20. The van der Waals surface area contributed by atoms with Crippen LogP contribution in [0.2, 0.25) is 0 Å². The molecule has 0 radical (unpaired) electrons. The topological polar surface area (TPSA) is 252 Å². The van der Waals surface area contributed by atoms with Crippen molar-refractivity contribution in [2.24, 2.45) is 5.92 Å². The molecule has 5 aromatic rings. The van der Waals surface area contributed by atoms with Crippen molar-refractivity contribution in [3.63, 3.8) is 0 Å². The molecule has 22 nitrogen and oxygen atoms in total. The highest BCUT2D eigenvalue weighted by molar-refractivity contribution is 6.08. The summed E-state index contributed by atoms with van der Waals surface area (Å²) in [6.07, 6.45) is -0.489. The average molecular weight is 1280 g/mol. The Kier molecular flexibility index (Phi) is 20.3. The van der Waals surface area contributed by atoms with Crippen molar-refractivity contribution in [1.82, 2.24) is 29.8 Å². The van der Waals surface area contributed by atoms with Gasteiger partial charge in [-0.25, -0.2) is 18.4 Å². The predicted molar refractivity (Wildman–Crippen MR) is 343 cm³/mol. The molecule has 5 aromatic carbocycles. The number of fused-ring (bicyclic) bond motifs is 2. The number of nitrogens with one attached hydrogen (secondary N) is 4. The van der Waals surface area contributed by atoms with Crippen LogP contribution in [-0.2, 0) is 56.6 Å². The number of amides is 8. The Labute approximate surface area is 539 Å². The Morgan fingerprint density at radius 3 is 2.16 bits per heavy atom. The van der Waals surface area contributed by atoms with Crippen LogP contribution in [0, 0.1) is 17.6 Å². The molecule has 0 saturated carbocycles. The number of carbonyl (C=O) groups is 8. The summed E-state index contributed by atoms with van der Waals surface area (Å²) in [6.45, 7) is 15.7. The number of anilines is 4. The lowest BCUT2D eigenvalue weighted by molar-refractivity contribution is -0.144. The second kappa shape index (κ2) is 28.2. The minimum absolute atomic E-state index is 0.00770. The van der Waals surface area contributed by atoms with Crippen molar-refractivity contribution >= 4 is 70.4 Å². The molecule has 5 aliphatic heterocycles. The predicted octanol–water partition coefficient (Wildman–Crippen LogP) is 8.01. The Morgan fingerprint density at radius 1 is 0.785 bits per heavy atom. The molecule has 3 saturated heterocycles. The molecule has 5 aliphatic rings. The molecule has 8 amide bonds. The molecular weight excluding hydrogens is 1200 g/mol. The molecule has 494 valence electrons. The van der Waals surface area contributed by atoms with E-state index >= 15 is 4.39 Å². The van der Waals surface area contributed by atoms with E-state index in [0.717, 1.165) is 22.1 Å². The van der Waals surface area contributed by atoms with E-state index in [4.69, 9.17) is 14.2 Å². The maximum atomic E-state index is 15.8. The summed E-state index contributed by atoms with van der Waals surface area (Å²) >= 11 is 0. The van der Waals surface area contributed by atoms with Gasteiger partial charge in [0.25, 0.3) is 11.8 Å². The first-order chi connectivity index (χ1) is 44.2. The molecule has 1 unspecified atom stereocenters. The molecule has 5 N–H and O–H groups in total. The summed E-state index contributed by atoms with van der Waals surface area (Å²) in [4.78, 5) is 122. The first-order valence-corrected chi connectivity index (χ1v) is 31.5. The first-order valence-electron chi connectivity index (χ1n) is 31.5. The Bertz CT molecular complexity index is 3640. The lowest BCUT2D eigenvalue weighted by Gasteiger charge is -2.47. The minimum atomic E-state index is -1.28. The third kappa shape index (κ3) is 15.3. The molecule has 0 spiro atoms. The van der Waals surface area contributed by atoms with Gasteiger partial charge in [-0.1, -0.05) is 48.5 Å². The minimum Gasteiger partial charge on any atom is -0.465 e. The van der Waals surface area contributed by atoms with E-state index < -0.39 is 88.6 Å². The third-order valence-corrected chi connectivity index (χ3v) is 18.4. The molecule has 0 aliphatic carbocycles. The number of piperazine rings is 1. The maximum Gasteiger partial charge on any atom is 0.410 e. The van der Waals surface area contributed by atoms with E-state index in [-0.39, 0.29) is 61.2 Å². The summed E-state index contributed by atoms with van der Waals surface area (Å²) in [7, 11) is 1.43. The van der Waals surface area contributed by atoms with E-state index in [0.29, 0.717) is 99.1 Å². The molecule has 3 fully saturated rings. The van der Waals surface area contributed by atoms with Crippen LogP contribution >= 0.6 is 0 Å². The van der Waals surface area contributed by atoms with Gasteiger partial charge in [0.2, 0.25) is 23.6 Å². The lowest BCUT2D eigenvalue weighted by Crippen LogP contribution is -2.64. The number of hydrogen-bond donors (Lipinski definition) is 5. The molecule has 93 heavy (non-hydrogen) atoms. The fraction of sp³-hybridized carbons (Fsp3) is 0.449. The SMILES string of the molecule is C[C@@H]1COCCN1C[C@H]1CN(C(=O)O)[C@H](C)CN1CC(=O)N1CC(C)(C(=O)Nc2ccc(NC(=O)c3ccc(F)c(NC(=O)[C@@H]4c5ccccc5CN4C(=O)[C@@H](NC(=O)[C@H](C)N(C)C(=O)OC(C)(C)C)C4CCOCC4)c3)cc2)c2ccc(Cc3ccc(F)cc3)cc21. The van der Waals surface area contributed by atoms with Gasteiger partial charge in [0.05, 0.1) is 30.9 Å². The number of nitrogens with zero attached hydrogens (tertiary/aromatic N) is 6. The number of carbonyl (C=O) groups excluding carboxylic acids is 7. The number of halogens is 2. The zero-order valence-corrected chi connectivity index (χ0v) is 53.7. The van der Waals surface area contributed by atoms with E-state index in [2.05, 4.69) is 33.1 Å². The molecule has 0 bridgehead atoms. The van der Waals surface area contributed by atoms with Crippen LogP contribution in [0.1, 0.15) is 106 Å². The van der Waals surface area contributed by atoms with E-state index in [1.807, 2.05) is 30.0 Å². The first kappa shape index (κ1) is 67.1. The Balaban J connectivity index is 0.824. The summed E-state index contributed by atoms with van der Waals surface area (Å²) < 4.78 is 46.5. The number of rotatable bonds is 17. The summed E-state index contributed by atoms with van der Waals surface area (Å²) in [5.74, 6) is -4.92. The second-order valence-electron chi connectivity index (χ2n) is 26.2. The highest BCUT2D eigenvalue weighted by Gasteiger charge is 2.49. The molecule has 24 heteroatoms. The van der Waals surface area contributed by atoms with Gasteiger partial charge in [-0.05, 0) is 162 Å². The van der Waals surface area contributed by atoms with Gasteiger partial charge in [-0.2, -0.15) is 0 Å². The van der Waals surface area contributed by atoms with E-state index in [1.54, 1.807) is 93.3 Å². The zero-order chi connectivity index (χ0) is 66.6. The van der Waals surface area contributed by atoms with Crippen LogP contribution in [0.25, 0.3) is 0 Å². The highest BCUT2D eigenvalue weighted by atomic mass is 19.1. The van der Waals surface area contributed by atoms with Crippen LogP contribution in [0.3, 0.4) is 0 Å². The Morgan fingerprint density at radius 2 is 1.47 bits per heavy atom. The summed E-state index contributed by atoms with van der Waals surface area (Å²) in [5, 5.41) is 21.5. The fourth-order valence-electron chi connectivity index (χ4n) is 12.9. The van der Waals surface area contributed by atoms with Crippen molar-refractivity contribution in [2.75, 3.05) is 93.6 Å². The van der Waals surface area contributed by atoms with Crippen LogP contribution < -0.4 is 26.2 Å². The third-order valence-electron chi connectivity index (χ3n) is 18.4. The molecule has 0 aromatic heterocycles. The fourth-order valence-corrected chi connectivity index (χ4v) is 12.9. The van der Waals surface area contributed by atoms with Crippen molar-refractivity contribution in [3.05, 3.63) is 154 Å². The maximum absolute atomic E-state index is 15.8. The highest BCUT2D eigenvalue weighted by Crippen LogP contribution is 2.43. The van der Waals surface area contributed by atoms with Crippen LogP contribution in [0.15, 0.2) is 109 Å². The van der Waals surface area contributed by atoms with Gasteiger partial charge in [-0.3, -0.25) is 43.5 Å². The van der Waals surface area contributed by atoms with Gasteiger partial charge in [-0.15, -0.1) is 0 Å². The number of ether oxygens (including phenoxy) is 3. The monoisotopic (exact) mass is 1280 g/mol. The van der Waals surface area contributed by atoms with Crippen molar-refractivity contribution in [3.8, 4) is 0 Å². The smallest absolute Gasteiger partial charge is 0.410 e. The molecular formula is C69H82F2N10O12. The van der Waals surface area contributed by atoms with Gasteiger partial charge in [0.15, 0.2) is 0 Å². The Hall–Kier alpha value is -8.84. The average Bonchev–Trinajstić information content (AvgIpc) is 1.61.